The van der Waals surface area contributed by atoms with E-state index in [9.17, 15) is 19.2 Å². The fourth-order valence-corrected chi connectivity index (χ4v) is 19.3. The number of ketones is 5. The standard InChI is InChI=1S/C86H124O10/c1-57(2)30-27-33-61(7)36-28-34-59(5)31-25-26-32-60(6)35-29-37-62(8)45-47-95-78(91)55-94-56-79(92)96-81(72(67-38-19-16-20-39-67)51-74(88)68-40-21-17-22-41-68)76(90)50-70-54-83(13)66(12)80(65(70)11)73(49-64(10)87)82(93)84(14)63(9)48-71-44-46-86(71,53-58(3)4)85(84,15)77(83)52-75(89)69-42-23-18-24-43-69/h16-24,38-43,57,59-63,66,70-73,77,81H,3,25-37,44-56H2,1-2,4-15H3/t59?,60?,61?,62?,63-,66-,70?,71+,72-,73+,77+,81?,83+,84-,85-,86-/m0/s1. The molecule has 3 saturated carbocycles. The lowest BCUT2D eigenvalue weighted by atomic mass is 9.27. The zero-order chi connectivity index (χ0) is 70.1. The summed E-state index contributed by atoms with van der Waals surface area (Å²) in [7, 11) is 0. The van der Waals surface area contributed by atoms with Crippen LogP contribution in [0.5, 0.6) is 0 Å². The van der Waals surface area contributed by atoms with Crippen molar-refractivity contribution in [2.75, 3.05) is 19.8 Å². The molecule has 0 N–H and O–H groups in total. The Kier molecular flexibility index (Phi) is 28.7. The van der Waals surface area contributed by atoms with E-state index in [2.05, 4.69) is 89.7 Å². The van der Waals surface area contributed by atoms with Gasteiger partial charge in [-0.3, -0.25) is 24.0 Å². The Morgan fingerprint density at radius 3 is 1.66 bits per heavy atom. The molecule has 3 aromatic rings. The Bertz CT molecular complexity index is 3110. The van der Waals surface area contributed by atoms with Crippen LogP contribution < -0.4 is 0 Å². The molecule has 4 aliphatic rings. The molecule has 0 heterocycles. The van der Waals surface area contributed by atoms with Gasteiger partial charge in [-0.05, 0) is 140 Å². The van der Waals surface area contributed by atoms with Crippen LogP contribution in [0.3, 0.4) is 0 Å². The Morgan fingerprint density at radius 2 is 1.14 bits per heavy atom. The zero-order valence-corrected chi connectivity index (χ0v) is 61.8. The Hall–Kier alpha value is -5.61. The third kappa shape index (κ3) is 18.8. The first-order valence-electron chi connectivity index (χ1n) is 37.6. The summed E-state index contributed by atoms with van der Waals surface area (Å²) in [5, 5.41) is 0. The molecule has 3 aromatic carbocycles. The van der Waals surface area contributed by atoms with Gasteiger partial charge in [0.1, 0.15) is 24.8 Å². The zero-order valence-electron chi connectivity index (χ0n) is 61.8. The van der Waals surface area contributed by atoms with E-state index in [0.29, 0.717) is 53.7 Å². The van der Waals surface area contributed by atoms with Gasteiger partial charge in [0.15, 0.2) is 23.5 Å². The summed E-state index contributed by atoms with van der Waals surface area (Å²) in [4.78, 5) is 104. The van der Waals surface area contributed by atoms with E-state index in [1.165, 1.54) is 70.6 Å². The van der Waals surface area contributed by atoms with Crippen LogP contribution in [0.15, 0.2) is 114 Å². The average Bonchev–Trinajstić information content (AvgIpc) is 0.657. The van der Waals surface area contributed by atoms with Crippen LogP contribution >= 0.6 is 0 Å². The van der Waals surface area contributed by atoms with Crippen LogP contribution in [0.4, 0.5) is 0 Å². The normalized spacial score (nSPS) is 27.3. The number of Topliss-reactive ketones (excluding diaryl/α,β-unsaturated/α-hetero) is 5. The van der Waals surface area contributed by atoms with Crippen LogP contribution in [0.25, 0.3) is 0 Å². The summed E-state index contributed by atoms with van der Waals surface area (Å²) in [6, 6.07) is 27.5. The molecular formula is C86H124O10. The molecular weight excluding hydrogens is 1190 g/mol. The van der Waals surface area contributed by atoms with Crippen LogP contribution in [0.1, 0.15) is 277 Å². The molecule has 6 unspecified atom stereocenters. The van der Waals surface area contributed by atoms with E-state index in [0.717, 1.165) is 66.6 Å². The predicted octanol–water partition coefficient (Wildman–Crippen LogP) is 20.6. The lowest BCUT2D eigenvalue weighted by molar-refractivity contribution is -0.264. The van der Waals surface area contributed by atoms with E-state index in [4.69, 9.17) is 14.2 Å². The number of benzene rings is 3. The summed E-state index contributed by atoms with van der Waals surface area (Å²) in [5.74, 6) is -1.30. The second kappa shape index (κ2) is 35.4. The van der Waals surface area contributed by atoms with Crippen molar-refractivity contribution in [3.8, 4) is 0 Å². The lowest BCUT2D eigenvalue weighted by Gasteiger charge is -2.76. The number of esters is 2. The van der Waals surface area contributed by atoms with Gasteiger partial charge in [0, 0.05) is 54.1 Å². The summed E-state index contributed by atoms with van der Waals surface area (Å²) >= 11 is 0. The fraction of sp³-hybridized carbons (Fsp3) is 0.663. The van der Waals surface area contributed by atoms with E-state index in [1.807, 2.05) is 73.7 Å². The lowest BCUT2D eigenvalue weighted by Crippen LogP contribution is -2.73. The molecule has 7 rings (SSSR count). The maximum absolute atomic E-state index is 16.6. The van der Waals surface area contributed by atoms with Crippen molar-refractivity contribution >= 4 is 40.9 Å². The number of hydrogen-bond acceptors (Lipinski definition) is 10. The number of hydrogen-bond donors (Lipinski definition) is 0. The molecule has 16 atom stereocenters. The highest BCUT2D eigenvalue weighted by atomic mass is 16.6. The van der Waals surface area contributed by atoms with Gasteiger partial charge in [0.25, 0.3) is 0 Å². The summed E-state index contributed by atoms with van der Waals surface area (Å²) in [6.07, 6.45) is 19.8. The van der Waals surface area contributed by atoms with Crippen molar-refractivity contribution < 1.29 is 47.8 Å². The van der Waals surface area contributed by atoms with Crippen molar-refractivity contribution in [2.24, 2.45) is 86.8 Å². The first kappa shape index (κ1) is 77.7. The van der Waals surface area contributed by atoms with Crippen molar-refractivity contribution in [2.45, 2.75) is 257 Å². The molecule has 0 saturated heterocycles. The Labute approximate surface area is 579 Å². The van der Waals surface area contributed by atoms with E-state index < -0.39 is 71.0 Å². The molecule has 3 fully saturated rings. The van der Waals surface area contributed by atoms with Crippen molar-refractivity contribution in [3.63, 3.8) is 0 Å². The summed E-state index contributed by atoms with van der Waals surface area (Å²) < 4.78 is 17.7. The molecule has 4 aliphatic carbocycles. The smallest absolute Gasteiger partial charge is 0.332 e. The minimum absolute atomic E-state index is 0.00177. The third-order valence-corrected chi connectivity index (χ3v) is 25.3. The maximum Gasteiger partial charge on any atom is 0.332 e. The number of fused-ring (bicyclic) bond motifs is 5. The molecule has 2 bridgehead atoms. The van der Waals surface area contributed by atoms with Gasteiger partial charge in [-0.1, -0.05) is 267 Å². The second-order valence-electron chi connectivity index (χ2n) is 32.7. The highest BCUT2D eigenvalue weighted by Gasteiger charge is 2.76. The maximum atomic E-state index is 16.6. The minimum Gasteiger partial charge on any atom is -0.464 e. The molecule has 0 spiro atoms. The fourth-order valence-electron chi connectivity index (χ4n) is 19.3. The molecule has 0 amide bonds. The van der Waals surface area contributed by atoms with E-state index >= 15 is 14.4 Å². The average molecular weight is 1320 g/mol. The highest BCUT2D eigenvalue weighted by molar-refractivity contribution is 5.99. The number of carbonyl (C=O) groups excluding carboxylic acids is 7. The molecule has 10 nitrogen and oxygen atoms in total. The van der Waals surface area contributed by atoms with Crippen molar-refractivity contribution in [3.05, 3.63) is 131 Å². The van der Waals surface area contributed by atoms with E-state index in [1.54, 1.807) is 31.2 Å². The molecule has 96 heavy (non-hydrogen) atoms. The SMILES string of the molecule is C=C(C)C[C@@]12CC[C@@H]1C[C@H](C)[C@@]1(C)C(=O)[C@H](CC(C)=O)C3=C(C)C(CC(=O)C(OC(=O)COCC(=O)OCCC(C)CCCC(C)CCCCC(C)CCCC(C)CCCC(C)C)[C@@H](CC(=O)c4ccccc4)c4ccccc4)C[C@@](C)([C@@H](CC(=O)c4ccccc4)[C@]21C)[C@H]3C. The summed E-state index contributed by atoms with van der Waals surface area (Å²) in [6.45, 7) is 34.5. The first-order valence-corrected chi connectivity index (χ1v) is 37.6. The molecule has 0 aromatic heterocycles. The quantitative estimate of drug-likeness (QED) is 0.0233. The number of carbonyl (C=O) groups is 7. The molecule has 0 aliphatic heterocycles. The van der Waals surface area contributed by atoms with Gasteiger partial charge in [-0.15, -0.1) is 6.58 Å². The molecule has 0 radical (unpaired) electrons. The van der Waals surface area contributed by atoms with Gasteiger partial charge in [0.2, 0.25) is 0 Å². The van der Waals surface area contributed by atoms with E-state index in [-0.39, 0.29) is 78.6 Å². The van der Waals surface area contributed by atoms with Gasteiger partial charge in [0.05, 0.1) is 6.61 Å². The van der Waals surface area contributed by atoms with Crippen LogP contribution in [0, 0.1) is 86.8 Å². The Morgan fingerprint density at radius 1 is 0.625 bits per heavy atom. The number of unbranched alkanes of at least 4 members (excludes halogenated alkanes) is 1. The minimum atomic E-state index is -1.48. The molecule has 528 valence electrons. The Balaban J connectivity index is 1.06. The topological polar surface area (TPSA) is 147 Å². The van der Waals surface area contributed by atoms with Crippen molar-refractivity contribution in [1.82, 2.24) is 0 Å². The van der Waals surface area contributed by atoms with Crippen LogP contribution in [-0.4, -0.2) is 66.8 Å². The van der Waals surface area contributed by atoms with Gasteiger partial charge < -0.3 is 14.2 Å². The van der Waals surface area contributed by atoms with Crippen LogP contribution in [0.2, 0.25) is 0 Å². The van der Waals surface area contributed by atoms with Crippen molar-refractivity contribution in [1.29, 1.82) is 0 Å². The van der Waals surface area contributed by atoms with Gasteiger partial charge in [-0.25, -0.2) is 9.59 Å². The predicted molar refractivity (Wildman–Crippen MR) is 387 cm³/mol. The largest absolute Gasteiger partial charge is 0.464 e. The number of rotatable bonds is 40. The molecule has 10 heteroatoms. The first-order chi connectivity index (χ1) is 45.6. The second-order valence-corrected chi connectivity index (χ2v) is 32.7. The number of allylic oxidation sites excluding steroid dienone is 3. The van der Waals surface area contributed by atoms with Gasteiger partial charge in [-0.2, -0.15) is 0 Å². The van der Waals surface area contributed by atoms with Crippen LogP contribution in [-0.2, 0) is 38.2 Å². The number of ether oxygens (including phenoxy) is 3. The summed E-state index contributed by atoms with van der Waals surface area (Å²) in [5.41, 5.74) is 1.64. The third-order valence-electron chi connectivity index (χ3n) is 25.3. The highest BCUT2D eigenvalue weighted by Crippen LogP contribution is 2.80. The monoisotopic (exact) mass is 1320 g/mol. The van der Waals surface area contributed by atoms with Gasteiger partial charge >= 0.3 is 11.9 Å².